The zero-order valence-electron chi connectivity index (χ0n) is 8.48. The highest BCUT2D eigenvalue weighted by atomic mass is 35.5. The molecule has 0 amide bonds. The summed E-state index contributed by atoms with van der Waals surface area (Å²) in [5.41, 5.74) is 0. The third kappa shape index (κ3) is 8.35. The van der Waals surface area contributed by atoms with Crippen LogP contribution in [-0.2, 0) is 4.74 Å². The van der Waals surface area contributed by atoms with Gasteiger partial charge in [-0.05, 0) is 24.7 Å². The quantitative estimate of drug-likeness (QED) is 0.444. The maximum atomic E-state index is 5.64. The fourth-order valence-corrected chi connectivity index (χ4v) is 1.01. The summed E-state index contributed by atoms with van der Waals surface area (Å²) in [6.45, 7) is 8.28. The fraction of sp³-hybridized carbons (Fsp3) is 1.00. The number of ether oxygens (including phenoxy) is 1. The van der Waals surface area contributed by atoms with Crippen molar-refractivity contribution >= 4 is 11.6 Å². The molecule has 0 aliphatic carbocycles. The van der Waals surface area contributed by atoms with Crippen LogP contribution in [0.3, 0.4) is 0 Å². The van der Waals surface area contributed by atoms with Crippen LogP contribution in [0.1, 0.15) is 33.6 Å². The van der Waals surface area contributed by atoms with Crippen molar-refractivity contribution in [3.63, 3.8) is 0 Å². The van der Waals surface area contributed by atoms with Crippen molar-refractivity contribution in [3.8, 4) is 0 Å². The molecule has 1 atom stereocenters. The summed E-state index contributed by atoms with van der Waals surface area (Å²) in [4.78, 5) is 0. The van der Waals surface area contributed by atoms with Gasteiger partial charge in [0.2, 0.25) is 0 Å². The second-order valence-electron chi connectivity index (χ2n) is 3.87. The zero-order valence-corrected chi connectivity index (χ0v) is 9.23. The molecular formula is C10H21ClO. The number of alkyl halides is 1. The Balaban J connectivity index is 3.00. The minimum atomic E-state index is 0.491. The summed E-state index contributed by atoms with van der Waals surface area (Å²) in [6.07, 6.45) is 2.43. The predicted octanol–water partition coefficient (Wildman–Crippen LogP) is 3.31. The molecule has 0 N–H and O–H groups in total. The lowest BCUT2D eigenvalue weighted by atomic mass is 10.1. The van der Waals surface area contributed by atoms with Gasteiger partial charge in [-0.1, -0.05) is 20.8 Å². The van der Waals surface area contributed by atoms with Crippen LogP contribution in [0, 0.1) is 11.8 Å². The molecule has 1 unspecified atom stereocenters. The highest BCUT2D eigenvalue weighted by molar-refractivity contribution is 6.18. The monoisotopic (exact) mass is 192 g/mol. The maximum absolute atomic E-state index is 5.64. The van der Waals surface area contributed by atoms with Crippen LogP contribution in [0.4, 0.5) is 0 Å². The van der Waals surface area contributed by atoms with Gasteiger partial charge < -0.3 is 4.74 Å². The van der Waals surface area contributed by atoms with Crippen molar-refractivity contribution in [3.05, 3.63) is 0 Å². The molecule has 0 aliphatic rings. The topological polar surface area (TPSA) is 9.23 Å². The van der Waals surface area contributed by atoms with Crippen LogP contribution >= 0.6 is 11.6 Å². The van der Waals surface area contributed by atoms with E-state index >= 15 is 0 Å². The van der Waals surface area contributed by atoms with E-state index in [1.54, 1.807) is 0 Å². The third-order valence-corrected chi connectivity index (χ3v) is 2.26. The van der Waals surface area contributed by atoms with Gasteiger partial charge >= 0.3 is 0 Å². The van der Waals surface area contributed by atoms with Crippen LogP contribution in [0.5, 0.6) is 0 Å². The highest BCUT2D eigenvalue weighted by Gasteiger charge is 1.99. The Morgan fingerprint density at radius 1 is 1.25 bits per heavy atom. The molecule has 0 radical (unpaired) electrons. The molecule has 74 valence electrons. The predicted molar refractivity (Wildman–Crippen MR) is 54.8 cm³/mol. The number of hydrogen-bond acceptors (Lipinski definition) is 1. The van der Waals surface area contributed by atoms with Crippen molar-refractivity contribution < 1.29 is 4.74 Å². The molecule has 1 nitrogen and oxygen atoms in total. The Labute approximate surface area is 81.4 Å². The Morgan fingerprint density at radius 3 is 2.42 bits per heavy atom. The van der Waals surface area contributed by atoms with Crippen molar-refractivity contribution in [1.82, 2.24) is 0 Å². The molecular weight excluding hydrogens is 172 g/mol. The first kappa shape index (κ1) is 12.2. The average molecular weight is 193 g/mol. The molecule has 0 fully saturated rings. The summed E-state index contributed by atoms with van der Waals surface area (Å²) in [5.74, 6) is 1.98. The van der Waals surface area contributed by atoms with Crippen LogP contribution < -0.4 is 0 Å². The first-order valence-electron chi connectivity index (χ1n) is 4.80. The standard InChI is InChI=1S/C10H21ClO/c1-9(2)5-4-6-12-8-10(3)7-11/h9-10H,4-8H2,1-3H3. The second kappa shape index (κ2) is 7.88. The third-order valence-electron chi connectivity index (χ3n) is 1.74. The summed E-state index contributed by atoms with van der Waals surface area (Å²) in [6, 6.07) is 0. The smallest absolute Gasteiger partial charge is 0.0503 e. The van der Waals surface area contributed by atoms with Gasteiger partial charge in [-0.15, -0.1) is 11.6 Å². The number of rotatable bonds is 7. The van der Waals surface area contributed by atoms with E-state index in [2.05, 4.69) is 20.8 Å². The molecule has 0 aromatic rings. The number of hydrogen-bond donors (Lipinski definition) is 0. The molecule has 0 saturated carbocycles. The zero-order chi connectivity index (χ0) is 9.40. The largest absolute Gasteiger partial charge is 0.381 e. The van der Waals surface area contributed by atoms with Crippen molar-refractivity contribution in [2.75, 3.05) is 19.1 Å². The summed E-state index contributed by atoms with van der Waals surface area (Å²) >= 11 is 5.64. The molecule has 0 saturated heterocycles. The number of halogens is 1. The average Bonchev–Trinajstić information content (AvgIpc) is 2.03. The minimum Gasteiger partial charge on any atom is -0.381 e. The molecule has 0 spiro atoms. The molecule has 0 bridgehead atoms. The molecule has 0 heterocycles. The van der Waals surface area contributed by atoms with Crippen molar-refractivity contribution in [2.24, 2.45) is 11.8 Å². The second-order valence-corrected chi connectivity index (χ2v) is 4.18. The molecule has 0 aliphatic heterocycles. The van der Waals surface area contributed by atoms with Gasteiger partial charge in [-0.25, -0.2) is 0 Å². The summed E-state index contributed by atoms with van der Waals surface area (Å²) in [5, 5.41) is 0. The van der Waals surface area contributed by atoms with E-state index in [4.69, 9.17) is 16.3 Å². The lowest BCUT2D eigenvalue weighted by Crippen LogP contribution is -2.08. The van der Waals surface area contributed by atoms with Crippen LogP contribution in [0.15, 0.2) is 0 Å². The normalized spacial score (nSPS) is 13.8. The van der Waals surface area contributed by atoms with Gasteiger partial charge in [-0.3, -0.25) is 0 Å². The van der Waals surface area contributed by atoms with Gasteiger partial charge in [0.1, 0.15) is 0 Å². The van der Waals surface area contributed by atoms with Gasteiger partial charge in [0, 0.05) is 12.5 Å². The van der Waals surface area contributed by atoms with Gasteiger partial charge in [-0.2, -0.15) is 0 Å². The molecule has 0 rings (SSSR count). The van der Waals surface area contributed by atoms with Gasteiger partial charge in [0.05, 0.1) is 6.61 Å². The van der Waals surface area contributed by atoms with E-state index in [0.29, 0.717) is 11.8 Å². The van der Waals surface area contributed by atoms with Crippen molar-refractivity contribution in [2.45, 2.75) is 33.6 Å². The van der Waals surface area contributed by atoms with Gasteiger partial charge in [0.15, 0.2) is 0 Å². The Bertz CT molecular complexity index is 93.8. The molecule has 0 aromatic carbocycles. The van der Waals surface area contributed by atoms with Crippen LogP contribution in [0.2, 0.25) is 0 Å². The molecule has 2 heteroatoms. The van der Waals surface area contributed by atoms with Gasteiger partial charge in [0.25, 0.3) is 0 Å². The fourth-order valence-electron chi connectivity index (χ4n) is 0.923. The lowest BCUT2D eigenvalue weighted by molar-refractivity contribution is 0.105. The van der Waals surface area contributed by atoms with E-state index in [1.807, 2.05) is 0 Å². The summed E-state index contributed by atoms with van der Waals surface area (Å²) < 4.78 is 5.45. The van der Waals surface area contributed by atoms with E-state index < -0.39 is 0 Å². The Morgan fingerprint density at radius 2 is 1.92 bits per heavy atom. The molecule has 12 heavy (non-hydrogen) atoms. The van der Waals surface area contributed by atoms with Crippen molar-refractivity contribution in [1.29, 1.82) is 0 Å². The first-order chi connectivity index (χ1) is 5.66. The summed E-state index contributed by atoms with van der Waals surface area (Å²) in [7, 11) is 0. The van der Waals surface area contributed by atoms with Crippen LogP contribution in [-0.4, -0.2) is 19.1 Å². The highest BCUT2D eigenvalue weighted by Crippen LogP contribution is 2.04. The van der Waals surface area contributed by atoms with E-state index in [-0.39, 0.29) is 0 Å². The Hall–Kier alpha value is 0.250. The SMILES string of the molecule is CC(C)CCCOCC(C)CCl. The van der Waals surface area contributed by atoms with E-state index in [1.165, 1.54) is 12.8 Å². The van der Waals surface area contributed by atoms with E-state index in [9.17, 15) is 0 Å². The Kier molecular flexibility index (Phi) is 8.04. The molecule has 0 aromatic heterocycles. The van der Waals surface area contributed by atoms with Crippen LogP contribution in [0.25, 0.3) is 0 Å². The first-order valence-corrected chi connectivity index (χ1v) is 5.34. The lowest BCUT2D eigenvalue weighted by Gasteiger charge is -2.09. The minimum absolute atomic E-state index is 0.491. The maximum Gasteiger partial charge on any atom is 0.0503 e. The van der Waals surface area contributed by atoms with E-state index in [0.717, 1.165) is 19.1 Å².